The summed E-state index contributed by atoms with van der Waals surface area (Å²) >= 11 is 12.2. The van der Waals surface area contributed by atoms with E-state index in [2.05, 4.69) is 30.1 Å². The zero-order valence-corrected chi connectivity index (χ0v) is 16.3. The van der Waals surface area contributed by atoms with Gasteiger partial charge in [-0.2, -0.15) is 19.0 Å². The van der Waals surface area contributed by atoms with Gasteiger partial charge in [-0.05, 0) is 21.6 Å². The first kappa shape index (κ1) is 17.4. The van der Waals surface area contributed by atoms with Crippen molar-refractivity contribution in [2.45, 2.75) is 10.3 Å². The highest BCUT2D eigenvalue weighted by Crippen LogP contribution is 2.35. The van der Waals surface area contributed by atoms with E-state index in [-0.39, 0.29) is 12.0 Å². The minimum Gasteiger partial charge on any atom is -0.467 e. The van der Waals surface area contributed by atoms with E-state index in [0.717, 1.165) is 0 Å². The van der Waals surface area contributed by atoms with Gasteiger partial charge < -0.3 is 9.47 Å². The quantitative estimate of drug-likeness (QED) is 0.438. The van der Waals surface area contributed by atoms with Crippen LogP contribution in [0.15, 0.2) is 22.7 Å². The molecule has 4 rings (SSSR count). The van der Waals surface area contributed by atoms with Crippen molar-refractivity contribution >= 4 is 56.1 Å². The first-order valence-electron chi connectivity index (χ1n) is 6.85. The maximum absolute atomic E-state index is 6.10. The van der Waals surface area contributed by atoms with Gasteiger partial charge in [-0.15, -0.1) is 10.2 Å². The molecular formula is C12H8Cl2N8O2S2. The maximum atomic E-state index is 6.10. The van der Waals surface area contributed by atoms with Gasteiger partial charge in [0.15, 0.2) is 11.3 Å². The molecule has 0 N–H and O–H groups in total. The summed E-state index contributed by atoms with van der Waals surface area (Å²) in [6.45, 7) is 0. The fraction of sp³-hybridized carbons (Fsp3) is 0.167. The Labute approximate surface area is 163 Å². The Morgan fingerprint density at radius 1 is 0.808 bits per heavy atom. The molecule has 14 heteroatoms. The van der Waals surface area contributed by atoms with Crippen molar-refractivity contribution in [3.05, 3.63) is 22.4 Å². The second kappa shape index (κ2) is 6.95. The molecule has 10 nitrogen and oxygen atoms in total. The van der Waals surface area contributed by atoms with Crippen molar-refractivity contribution in [3.8, 4) is 12.0 Å². The lowest BCUT2D eigenvalue weighted by molar-refractivity contribution is 0.366. The monoisotopic (exact) mass is 430 g/mol. The Kier molecular flexibility index (Phi) is 4.65. The van der Waals surface area contributed by atoms with Crippen molar-refractivity contribution in [2.24, 2.45) is 0 Å². The SMILES string of the molecule is COc1ncc(Cl)c2nc(SSc3nc4c(Cl)cnc(OC)n4n3)nn12. The molecule has 0 aliphatic carbocycles. The van der Waals surface area contributed by atoms with Gasteiger partial charge in [0.05, 0.1) is 26.6 Å². The van der Waals surface area contributed by atoms with Crippen molar-refractivity contribution in [1.29, 1.82) is 0 Å². The van der Waals surface area contributed by atoms with Crippen LogP contribution in [0.3, 0.4) is 0 Å². The molecule has 0 aliphatic heterocycles. The Morgan fingerprint density at radius 3 is 1.62 bits per heavy atom. The zero-order valence-electron chi connectivity index (χ0n) is 13.1. The van der Waals surface area contributed by atoms with E-state index < -0.39 is 0 Å². The van der Waals surface area contributed by atoms with Gasteiger partial charge in [0.25, 0.3) is 0 Å². The van der Waals surface area contributed by atoms with Crippen LogP contribution in [0.4, 0.5) is 0 Å². The highest BCUT2D eigenvalue weighted by atomic mass is 35.5. The zero-order chi connectivity index (χ0) is 18.3. The Balaban J connectivity index is 1.63. The van der Waals surface area contributed by atoms with E-state index in [4.69, 9.17) is 32.7 Å². The number of aromatic nitrogens is 8. The highest BCUT2D eigenvalue weighted by Gasteiger charge is 2.16. The van der Waals surface area contributed by atoms with Crippen molar-refractivity contribution in [3.63, 3.8) is 0 Å². The summed E-state index contributed by atoms with van der Waals surface area (Å²) in [6.07, 6.45) is 2.91. The van der Waals surface area contributed by atoms with E-state index in [1.54, 1.807) is 0 Å². The van der Waals surface area contributed by atoms with Crippen LogP contribution in [0.25, 0.3) is 11.3 Å². The molecule has 0 saturated heterocycles. The van der Waals surface area contributed by atoms with Gasteiger partial charge in [0.1, 0.15) is 10.0 Å². The first-order chi connectivity index (χ1) is 12.6. The lowest BCUT2D eigenvalue weighted by Crippen LogP contribution is -1.98. The summed E-state index contributed by atoms with van der Waals surface area (Å²) in [5.74, 6) is 0. The molecule has 0 atom stereocenters. The molecule has 0 fully saturated rings. The summed E-state index contributed by atoms with van der Waals surface area (Å²) < 4.78 is 13.1. The highest BCUT2D eigenvalue weighted by molar-refractivity contribution is 8.76. The number of methoxy groups -OCH3 is 2. The molecule has 0 unspecified atom stereocenters. The molecule has 4 aromatic heterocycles. The summed E-state index contributed by atoms with van der Waals surface area (Å²) in [5.41, 5.74) is 0.886. The second-order valence-corrected chi connectivity index (χ2v) is 7.49. The third-order valence-corrected chi connectivity index (χ3v) is 5.50. The standard InChI is InChI=1S/C12H8Cl2N8O2S2/c1-23-11-15-3-5(13)7-17-9(19-21(7)11)25-26-10-18-8-6(14)4-16-12(24-2)22(8)20-10/h3-4H,1-2H3. The predicted octanol–water partition coefficient (Wildman–Crippen LogP) is 2.69. The number of hydrogen-bond acceptors (Lipinski definition) is 10. The Morgan fingerprint density at radius 2 is 1.23 bits per heavy atom. The Hall–Kier alpha value is -2.02. The van der Waals surface area contributed by atoms with Crippen LogP contribution >= 0.6 is 44.8 Å². The number of fused-ring (bicyclic) bond motifs is 2. The molecule has 0 saturated carbocycles. The molecular weight excluding hydrogens is 423 g/mol. The number of ether oxygens (including phenoxy) is 2. The summed E-state index contributed by atoms with van der Waals surface area (Å²) in [5, 5.41) is 10.2. The van der Waals surface area contributed by atoms with Crippen molar-refractivity contribution in [1.82, 2.24) is 39.2 Å². The van der Waals surface area contributed by atoms with E-state index in [1.165, 1.54) is 57.2 Å². The number of hydrogen-bond donors (Lipinski definition) is 0. The van der Waals surface area contributed by atoms with Gasteiger partial charge in [-0.1, -0.05) is 23.2 Å². The van der Waals surface area contributed by atoms with Crippen LogP contribution in [0.1, 0.15) is 0 Å². The van der Waals surface area contributed by atoms with Gasteiger partial charge in [-0.25, -0.2) is 9.97 Å². The van der Waals surface area contributed by atoms with Gasteiger partial charge in [0, 0.05) is 0 Å². The van der Waals surface area contributed by atoms with Gasteiger partial charge in [0.2, 0.25) is 10.3 Å². The lowest BCUT2D eigenvalue weighted by Gasteiger charge is -2.00. The topological polar surface area (TPSA) is 105 Å². The van der Waals surface area contributed by atoms with Crippen molar-refractivity contribution in [2.75, 3.05) is 14.2 Å². The molecule has 26 heavy (non-hydrogen) atoms. The summed E-state index contributed by atoms with van der Waals surface area (Å²) in [7, 11) is 5.48. The molecule has 4 aromatic rings. The van der Waals surface area contributed by atoms with E-state index in [1.807, 2.05) is 0 Å². The van der Waals surface area contributed by atoms with Crippen molar-refractivity contribution < 1.29 is 9.47 Å². The Bertz CT molecular complexity index is 1030. The van der Waals surface area contributed by atoms with E-state index >= 15 is 0 Å². The van der Waals surface area contributed by atoms with Crippen LogP contribution < -0.4 is 9.47 Å². The molecule has 0 spiro atoms. The summed E-state index contributed by atoms with van der Waals surface area (Å²) in [6, 6.07) is 0.560. The van der Waals surface area contributed by atoms with Crippen LogP contribution in [0.2, 0.25) is 10.0 Å². The minimum atomic E-state index is 0.280. The fourth-order valence-electron chi connectivity index (χ4n) is 2.03. The van der Waals surface area contributed by atoms with Crippen LogP contribution in [-0.2, 0) is 0 Å². The molecule has 0 radical (unpaired) electrons. The van der Waals surface area contributed by atoms with E-state index in [9.17, 15) is 0 Å². The predicted molar refractivity (Wildman–Crippen MR) is 96.4 cm³/mol. The molecule has 0 aliphatic rings. The van der Waals surface area contributed by atoms with Gasteiger partial charge >= 0.3 is 12.0 Å². The number of rotatable bonds is 5. The molecule has 4 heterocycles. The largest absolute Gasteiger partial charge is 0.467 e. The van der Waals surface area contributed by atoms with Gasteiger partial charge in [-0.3, -0.25) is 0 Å². The molecule has 0 aromatic carbocycles. The third-order valence-electron chi connectivity index (χ3n) is 3.10. The summed E-state index contributed by atoms with van der Waals surface area (Å²) in [4.78, 5) is 16.8. The van der Waals surface area contributed by atoms with Crippen LogP contribution in [0, 0.1) is 0 Å². The average Bonchev–Trinajstić information content (AvgIpc) is 3.26. The third kappa shape index (κ3) is 2.98. The van der Waals surface area contributed by atoms with E-state index in [0.29, 0.717) is 31.7 Å². The average molecular weight is 431 g/mol. The molecule has 134 valence electrons. The first-order valence-corrected chi connectivity index (χ1v) is 9.76. The number of halogens is 2. The van der Waals surface area contributed by atoms with Crippen LogP contribution in [-0.4, -0.2) is 53.4 Å². The molecule has 0 amide bonds. The molecule has 0 bridgehead atoms. The minimum absolute atomic E-state index is 0.280. The maximum Gasteiger partial charge on any atom is 0.319 e. The fourth-order valence-corrected chi connectivity index (χ4v) is 3.87. The normalized spacial score (nSPS) is 11.4. The van der Waals surface area contributed by atoms with Crippen LogP contribution in [0.5, 0.6) is 12.0 Å². The second-order valence-electron chi connectivity index (χ2n) is 4.61. The number of nitrogens with zero attached hydrogens (tertiary/aromatic N) is 8. The smallest absolute Gasteiger partial charge is 0.319 e. The lowest BCUT2D eigenvalue weighted by atomic mass is 10.6.